The second-order valence-electron chi connectivity index (χ2n) is 3.83. The molecule has 1 N–H and O–H groups in total. The molecule has 4 nitrogen and oxygen atoms in total. The Morgan fingerprint density at radius 3 is 2.50 bits per heavy atom. The van der Waals surface area contributed by atoms with E-state index in [-0.39, 0.29) is 11.3 Å². The van der Waals surface area contributed by atoms with Crippen molar-refractivity contribution in [2.45, 2.75) is 0 Å². The van der Waals surface area contributed by atoms with Crippen LogP contribution >= 0.6 is 0 Å². The molecule has 0 spiro atoms. The molecule has 0 aliphatic heterocycles. The Morgan fingerprint density at radius 1 is 1.25 bits per heavy atom. The van der Waals surface area contributed by atoms with Crippen LogP contribution in [-0.4, -0.2) is 31.3 Å². The van der Waals surface area contributed by atoms with Crippen molar-refractivity contribution >= 4 is 23.5 Å². The van der Waals surface area contributed by atoms with Crippen LogP contribution in [0.3, 0.4) is 0 Å². The van der Waals surface area contributed by atoms with Crippen molar-refractivity contribution in [2.24, 2.45) is 0 Å². The highest BCUT2D eigenvalue weighted by molar-refractivity contribution is 6.29. The van der Waals surface area contributed by atoms with Crippen LogP contribution in [0.25, 0.3) is 5.76 Å². The van der Waals surface area contributed by atoms with Gasteiger partial charge in [0.05, 0.1) is 0 Å². The molecule has 0 radical (unpaired) electrons. The summed E-state index contributed by atoms with van der Waals surface area (Å²) in [5.74, 6) is -0.633. The number of fused-ring (bicyclic) bond motifs is 1. The van der Waals surface area contributed by atoms with Crippen molar-refractivity contribution in [3.8, 4) is 0 Å². The van der Waals surface area contributed by atoms with Gasteiger partial charge < -0.3 is 10.0 Å². The van der Waals surface area contributed by atoms with E-state index < -0.39 is 5.78 Å². The van der Waals surface area contributed by atoms with Gasteiger partial charge in [-0.05, 0) is 18.2 Å². The lowest BCUT2D eigenvalue weighted by atomic mass is 10.1. The minimum Gasteiger partial charge on any atom is -0.506 e. The minimum absolute atomic E-state index is 0.161. The number of hydrogen-bond acceptors (Lipinski definition) is 4. The van der Waals surface area contributed by atoms with Gasteiger partial charge in [0, 0.05) is 30.9 Å². The average Bonchev–Trinajstić information content (AvgIpc) is 2.51. The number of carbonyl (C=O) groups is 2. The number of aliphatic hydroxyl groups excluding tert-OH is 1. The number of aldehydes is 1. The standard InChI is InChI=1S/C12H11NO3/c1-13(2)7-3-4-8-9(5-7)12(16)10(6-14)11(8)15/h3-6,16H,1-2H3. The lowest BCUT2D eigenvalue weighted by molar-refractivity contribution is -0.104. The molecule has 0 fully saturated rings. The number of allylic oxidation sites excluding steroid dienone is 1. The van der Waals surface area contributed by atoms with Crippen LogP contribution < -0.4 is 4.90 Å². The van der Waals surface area contributed by atoms with Crippen LogP contribution in [0.5, 0.6) is 0 Å². The molecule has 4 heteroatoms. The van der Waals surface area contributed by atoms with Crippen LogP contribution in [0.2, 0.25) is 0 Å². The molecule has 0 aromatic heterocycles. The van der Waals surface area contributed by atoms with Gasteiger partial charge in [-0.3, -0.25) is 9.59 Å². The number of aliphatic hydroxyl groups is 1. The molecule has 82 valence electrons. The second-order valence-corrected chi connectivity index (χ2v) is 3.83. The highest BCUT2D eigenvalue weighted by atomic mass is 16.3. The lowest BCUT2D eigenvalue weighted by Crippen LogP contribution is -2.09. The monoisotopic (exact) mass is 217 g/mol. The van der Waals surface area contributed by atoms with Crippen molar-refractivity contribution in [3.05, 3.63) is 34.9 Å². The summed E-state index contributed by atoms with van der Waals surface area (Å²) in [7, 11) is 3.72. The number of benzene rings is 1. The number of carbonyl (C=O) groups excluding carboxylic acids is 2. The van der Waals surface area contributed by atoms with E-state index in [1.165, 1.54) is 0 Å². The van der Waals surface area contributed by atoms with Gasteiger partial charge in [0.1, 0.15) is 11.3 Å². The third kappa shape index (κ3) is 1.31. The van der Waals surface area contributed by atoms with E-state index >= 15 is 0 Å². The topological polar surface area (TPSA) is 57.6 Å². The molecule has 1 aromatic rings. The summed E-state index contributed by atoms with van der Waals surface area (Å²) in [5, 5.41) is 9.73. The minimum atomic E-state index is -0.409. The van der Waals surface area contributed by atoms with E-state index in [1.54, 1.807) is 18.2 Å². The molecule has 0 heterocycles. The zero-order valence-electron chi connectivity index (χ0n) is 9.02. The maximum absolute atomic E-state index is 11.7. The van der Waals surface area contributed by atoms with Gasteiger partial charge in [-0.2, -0.15) is 0 Å². The van der Waals surface area contributed by atoms with Gasteiger partial charge in [0.15, 0.2) is 6.29 Å². The van der Waals surface area contributed by atoms with Crippen molar-refractivity contribution < 1.29 is 14.7 Å². The van der Waals surface area contributed by atoms with E-state index in [2.05, 4.69) is 0 Å². The average molecular weight is 217 g/mol. The highest BCUT2D eigenvalue weighted by Gasteiger charge is 2.29. The molecule has 0 bridgehead atoms. The second kappa shape index (κ2) is 3.48. The van der Waals surface area contributed by atoms with E-state index in [1.807, 2.05) is 19.0 Å². The Kier molecular flexibility index (Phi) is 2.27. The van der Waals surface area contributed by atoms with Gasteiger partial charge in [-0.15, -0.1) is 0 Å². The molecule has 0 amide bonds. The van der Waals surface area contributed by atoms with Crippen LogP contribution in [0.15, 0.2) is 23.8 Å². The fourth-order valence-corrected chi connectivity index (χ4v) is 1.71. The number of rotatable bonds is 2. The number of nitrogens with zero attached hydrogens (tertiary/aromatic N) is 1. The van der Waals surface area contributed by atoms with Crippen molar-refractivity contribution in [1.29, 1.82) is 0 Å². The first-order chi connectivity index (χ1) is 7.56. The molecule has 0 saturated carbocycles. The van der Waals surface area contributed by atoms with Gasteiger partial charge in [-0.1, -0.05) is 0 Å². The summed E-state index contributed by atoms with van der Waals surface area (Å²) < 4.78 is 0. The SMILES string of the molecule is CN(C)c1ccc2c(c1)C(O)=C(C=O)C2=O. The smallest absolute Gasteiger partial charge is 0.200 e. The molecule has 1 aliphatic carbocycles. The van der Waals surface area contributed by atoms with Gasteiger partial charge >= 0.3 is 0 Å². The van der Waals surface area contributed by atoms with Gasteiger partial charge in [0.25, 0.3) is 0 Å². The maximum Gasteiger partial charge on any atom is 0.200 e. The Hall–Kier alpha value is -2.10. The summed E-state index contributed by atoms with van der Waals surface area (Å²) in [6.07, 6.45) is 0.396. The molecular weight excluding hydrogens is 206 g/mol. The summed E-state index contributed by atoms with van der Waals surface area (Å²) in [6.45, 7) is 0. The van der Waals surface area contributed by atoms with E-state index in [4.69, 9.17) is 0 Å². The van der Waals surface area contributed by atoms with Crippen molar-refractivity contribution in [2.75, 3.05) is 19.0 Å². The van der Waals surface area contributed by atoms with Gasteiger partial charge in [0.2, 0.25) is 5.78 Å². The summed E-state index contributed by atoms with van der Waals surface area (Å²) in [5.41, 5.74) is 1.51. The van der Waals surface area contributed by atoms with E-state index in [0.717, 1.165) is 5.69 Å². The van der Waals surface area contributed by atoms with Crippen LogP contribution in [0.1, 0.15) is 15.9 Å². The Labute approximate surface area is 92.8 Å². The quantitative estimate of drug-likeness (QED) is 0.601. The number of hydrogen-bond donors (Lipinski definition) is 1. The Bertz CT molecular complexity index is 515. The molecular formula is C12H11NO3. The molecule has 1 aromatic carbocycles. The molecule has 1 aliphatic rings. The first-order valence-corrected chi connectivity index (χ1v) is 4.81. The third-order valence-corrected chi connectivity index (χ3v) is 2.64. The first kappa shape index (κ1) is 10.4. The normalized spacial score (nSPS) is 14.0. The Morgan fingerprint density at radius 2 is 1.94 bits per heavy atom. The lowest BCUT2D eigenvalue weighted by Gasteiger charge is -2.13. The molecule has 16 heavy (non-hydrogen) atoms. The molecule has 0 atom stereocenters. The summed E-state index contributed by atoms with van der Waals surface area (Å²) >= 11 is 0. The maximum atomic E-state index is 11.7. The number of ketones is 1. The largest absolute Gasteiger partial charge is 0.506 e. The van der Waals surface area contributed by atoms with Crippen molar-refractivity contribution in [3.63, 3.8) is 0 Å². The third-order valence-electron chi connectivity index (χ3n) is 2.64. The predicted octanol–water partition coefficient (Wildman–Crippen LogP) is 1.42. The highest BCUT2D eigenvalue weighted by Crippen LogP contribution is 2.32. The number of Topliss-reactive ketones (excluding diaryl/α,β-unsaturated/α-hetero) is 1. The molecule has 2 rings (SSSR count). The van der Waals surface area contributed by atoms with Crippen LogP contribution in [-0.2, 0) is 4.79 Å². The zero-order chi connectivity index (χ0) is 11.9. The van der Waals surface area contributed by atoms with Crippen LogP contribution in [0, 0.1) is 0 Å². The molecule has 0 unspecified atom stereocenters. The Balaban J connectivity index is 2.62. The summed E-state index contributed by atoms with van der Waals surface area (Å²) in [4.78, 5) is 24.2. The van der Waals surface area contributed by atoms with E-state index in [0.29, 0.717) is 17.4 Å². The van der Waals surface area contributed by atoms with Crippen LogP contribution in [0.4, 0.5) is 5.69 Å². The van der Waals surface area contributed by atoms with Gasteiger partial charge in [-0.25, -0.2) is 0 Å². The van der Waals surface area contributed by atoms with Crippen molar-refractivity contribution in [1.82, 2.24) is 0 Å². The zero-order valence-corrected chi connectivity index (χ0v) is 9.02. The molecule has 0 saturated heterocycles. The predicted molar refractivity (Wildman–Crippen MR) is 60.7 cm³/mol. The number of anilines is 1. The first-order valence-electron chi connectivity index (χ1n) is 4.81. The summed E-state index contributed by atoms with van der Waals surface area (Å²) in [6, 6.07) is 5.09. The fourth-order valence-electron chi connectivity index (χ4n) is 1.71. The fraction of sp³-hybridized carbons (Fsp3) is 0.167. The van der Waals surface area contributed by atoms with E-state index in [9.17, 15) is 14.7 Å².